The summed E-state index contributed by atoms with van der Waals surface area (Å²) in [6, 6.07) is 11.1. The van der Waals surface area contributed by atoms with Gasteiger partial charge in [0.2, 0.25) is 0 Å². The first-order valence-corrected chi connectivity index (χ1v) is 10.2. The standard InChI is InChI=1S/C21H36N4O/c1-3-8-18(13-16-26)17-23-21(22-4-2)24-19-11-14-25(15-12-19)20-9-6-5-7-10-20/h5-7,9-10,18-19,26H,3-4,8,11-17H2,1-2H3,(H2,22,23,24). The molecule has 0 aliphatic carbocycles. The monoisotopic (exact) mass is 360 g/mol. The van der Waals surface area contributed by atoms with Gasteiger partial charge in [-0.2, -0.15) is 0 Å². The van der Waals surface area contributed by atoms with Gasteiger partial charge < -0.3 is 20.6 Å². The molecule has 0 radical (unpaired) electrons. The summed E-state index contributed by atoms with van der Waals surface area (Å²) in [5.41, 5.74) is 1.32. The molecule has 1 atom stereocenters. The molecular formula is C21H36N4O. The SMILES string of the molecule is CCCC(CCO)CN=C(NCC)NC1CCN(c2ccccc2)CC1. The highest BCUT2D eigenvalue weighted by atomic mass is 16.3. The molecule has 1 aliphatic rings. The highest BCUT2D eigenvalue weighted by Gasteiger charge is 2.20. The summed E-state index contributed by atoms with van der Waals surface area (Å²) < 4.78 is 0. The Morgan fingerprint density at radius 2 is 1.92 bits per heavy atom. The fraction of sp³-hybridized carbons (Fsp3) is 0.667. The number of piperidine rings is 1. The van der Waals surface area contributed by atoms with Crippen molar-refractivity contribution in [3.8, 4) is 0 Å². The molecule has 1 aromatic rings. The van der Waals surface area contributed by atoms with E-state index in [1.54, 1.807) is 0 Å². The molecule has 1 saturated heterocycles. The molecule has 0 amide bonds. The van der Waals surface area contributed by atoms with E-state index in [4.69, 9.17) is 4.99 Å². The van der Waals surface area contributed by atoms with E-state index in [1.165, 1.54) is 5.69 Å². The molecular weight excluding hydrogens is 324 g/mol. The topological polar surface area (TPSA) is 59.9 Å². The molecule has 5 heteroatoms. The van der Waals surface area contributed by atoms with Crippen LogP contribution in [0.15, 0.2) is 35.3 Å². The van der Waals surface area contributed by atoms with E-state index in [2.05, 4.69) is 59.7 Å². The minimum Gasteiger partial charge on any atom is -0.396 e. The first-order valence-electron chi connectivity index (χ1n) is 10.2. The Morgan fingerprint density at radius 1 is 1.19 bits per heavy atom. The third-order valence-electron chi connectivity index (χ3n) is 5.04. The first-order chi connectivity index (χ1) is 12.8. The van der Waals surface area contributed by atoms with Crippen molar-refractivity contribution in [2.24, 2.45) is 10.9 Å². The van der Waals surface area contributed by atoms with Crippen LogP contribution < -0.4 is 15.5 Å². The number of rotatable bonds is 9. The van der Waals surface area contributed by atoms with Crippen LogP contribution in [0.2, 0.25) is 0 Å². The van der Waals surface area contributed by atoms with Gasteiger partial charge in [0.15, 0.2) is 5.96 Å². The number of benzene rings is 1. The van der Waals surface area contributed by atoms with Crippen molar-refractivity contribution in [1.29, 1.82) is 0 Å². The minimum absolute atomic E-state index is 0.252. The number of guanidine groups is 1. The number of hydrogen-bond acceptors (Lipinski definition) is 3. The van der Waals surface area contributed by atoms with Gasteiger partial charge in [-0.05, 0) is 50.7 Å². The highest BCUT2D eigenvalue weighted by Crippen LogP contribution is 2.19. The molecule has 1 heterocycles. The average Bonchev–Trinajstić information content (AvgIpc) is 2.68. The Bertz CT molecular complexity index is 506. The summed E-state index contributed by atoms with van der Waals surface area (Å²) in [7, 11) is 0. The smallest absolute Gasteiger partial charge is 0.191 e. The van der Waals surface area contributed by atoms with Gasteiger partial charge in [0, 0.05) is 44.5 Å². The summed E-state index contributed by atoms with van der Waals surface area (Å²) in [6.07, 6.45) is 5.34. The Labute approximate surface area is 158 Å². The molecule has 2 rings (SSSR count). The van der Waals surface area contributed by atoms with E-state index < -0.39 is 0 Å². The highest BCUT2D eigenvalue weighted by molar-refractivity contribution is 5.80. The van der Waals surface area contributed by atoms with E-state index in [9.17, 15) is 5.11 Å². The molecule has 3 N–H and O–H groups in total. The maximum atomic E-state index is 9.23. The second-order valence-electron chi connectivity index (χ2n) is 7.13. The summed E-state index contributed by atoms with van der Waals surface area (Å²) in [5, 5.41) is 16.2. The summed E-state index contributed by atoms with van der Waals surface area (Å²) in [5.74, 6) is 1.39. The van der Waals surface area contributed by atoms with Gasteiger partial charge in [-0.15, -0.1) is 0 Å². The number of nitrogens with one attached hydrogen (secondary N) is 2. The number of aliphatic imine (C=N–C) groups is 1. The van der Waals surface area contributed by atoms with Gasteiger partial charge in [0.05, 0.1) is 0 Å². The lowest BCUT2D eigenvalue weighted by Crippen LogP contribution is -2.49. The van der Waals surface area contributed by atoms with Crippen LogP contribution in [-0.2, 0) is 0 Å². The Hall–Kier alpha value is -1.75. The average molecular weight is 361 g/mol. The number of para-hydroxylation sites is 1. The Morgan fingerprint density at radius 3 is 2.54 bits per heavy atom. The number of hydrogen-bond donors (Lipinski definition) is 3. The van der Waals surface area contributed by atoms with Crippen molar-refractivity contribution in [1.82, 2.24) is 10.6 Å². The van der Waals surface area contributed by atoms with Crippen LogP contribution in [0.4, 0.5) is 5.69 Å². The maximum absolute atomic E-state index is 9.23. The largest absolute Gasteiger partial charge is 0.396 e. The van der Waals surface area contributed by atoms with Crippen molar-refractivity contribution < 1.29 is 5.11 Å². The Balaban J connectivity index is 1.84. The number of nitrogens with zero attached hydrogens (tertiary/aromatic N) is 2. The van der Waals surface area contributed by atoms with E-state index in [0.29, 0.717) is 12.0 Å². The first kappa shape index (κ1) is 20.6. The predicted molar refractivity (Wildman–Crippen MR) is 111 cm³/mol. The molecule has 0 aromatic heterocycles. The summed E-state index contributed by atoms with van der Waals surface area (Å²) in [4.78, 5) is 7.25. The van der Waals surface area contributed by atoms with Crippen LogP contribution >= 0.6 is 0 Å². The van der Waals surface area contributed by atoms with E-state index in [-0.39, 0.29) is 6.61 Å². The third-order valence-corrected chi connectivity index (χ3v) is 5.04. The molecule has 1 fully saturated rings. The number of aliphatic hydroxyl groups is 1. The van der Waals surface area contributed by atoms with Gasteiger partial charge in [0.1, 0.15) is 0 Å². The number of anilines is 1. The second-order valence-corrected chi connectivity index (χ2v) is 7.13. The lowest BCUT2D eigenvalue weighted by Gasteiger charge is -2.34. The number of aliphatic hydroxyl groups excluding tert-OH is 1. The van der Waals surface area contributed by atoms with Crippen molar-refractivity contribution in [3.05, 3.63) is 30.3 Å². The molecule has 1 aliphatic heterocycles. The zero-order chi connectivity index (χ0) is 18.6. The minimum atomic E-state index is 0.252. The van der Waals surface area contributed by atoms with Crippen LogP contribution in [-0.4, -0.2) is 49.9 Å². The van der Waals surface area contributed by atoms with Gasteiger partial charge >= 0.3 is 0 Å². The van der Waals surface area contributed by atoms with E-state index in [0.717, 1.165) is 64.2 Å². The van der Waals surface area contributed by atoms with Crippen LogP contribution in [0.1, 0.15) is 46.0 Å². The zero-order valence-electron chi connectivity index (χ0n) is 16.5. The van der Waals surface area contributed by atoms with Crippen molar-refractivity contribution in [3.63, 3.8) is 0 Å². The van der Waals surface area contributed by atoms with E-state index >= 15 is 0 Å². The van der Waals surface area contributed by atoms with Crippen LogP contribution in [0, 0.1) is 5.92 Å². The zero-order valence-corrected chi connectivity index (χ0v) is 16.5. The fourth-order valence-electron chi connectivity index (χ4n) is 3.57. The van der Waals surface area contributed by atoms with Gasteiger partial charge in [-0.25, -0.2) is 0 Å². The van der Waals surface area contributed by atoms with Gasteiger partial charge in [-0.3, -0.25) is 4.99 Å². The second kappa shape index (κ2) is 11.8. The predicted octanol–water partition coefficient (Wildman–Crippen LogP) is 3.01. The van der Waals surface area contributed by atoms with Crippen LogP contribution in [0.3, 0.4) is 0 Å². The fourth-order valence-corrected chi connectivity index (χ4v) is 3.57. The lowest BCUT2D eigenvalue weighted by molar-refractivity contribution is 0.253. The molecule has 146 valence electrons. The molecule has 5 nitrogen and oxygen atoms in total. The molecule has 0 saturated carbocycles. The van der Waals surface area contributed by atoms with Crippen molar-refractivity contribution in [2.75, 3.05) is 37.7 Å². The molecule has 0 spiro atoms. The Kier molecular flexibility index (Phi) is 9.32. The van der Waals surface area contributed by atoms with Crippen LogP contribution in [0.25, 0.3) is 0 Å². The van der Waals surface area contributed by atoms with Gasteiger partial charge in [-0.1, -0.05) is 31.5 Å². The molecule has 26 heavy (non-hydrogen) atoms. The van der Waals surface area contributed by atoms with Gasteiger partial charge in [0.25, 0.3) is 0 Å². The quantitative estimate of drug-likeness (QED) is 0.468. The van der Waals surface area contributed by atoms with Crippen molar-refractivity contribution >= 4 is 11.6 Å². The molecule has 0 bridgehead atoms. The third kappa shape index (κ3) is 6.87. The van der Waals surface area contributed by atoms with E-state index in [1.807, 2.05) is 0 Å². The normalized spacial score (nSPS) is 17.2. The summed E-state index contributed by atoms with van der Waals surface area (Å²) >= 11 is 0. The molecule has 1 aromatic carbocycles. The summed E-state index contributed by atoms with van der Waals surface area (Å²) in [6.45, 7) is 8.35. The van der Waals surface area contributed by atoms with Crippen molar-refractivity contribution in [2.45, 2.75) is 52.0 Å². The maximum Gasteiger partial charge on any atom is 0.191 e. The lowest BCUT2D eigenvalue weighted by atomic mass is 10.0. The molecule has 1 unspecified atom stereocenters. The van der Waals surface area contributed by atoms with Crippen LogP contribution in [0.5, 0.6) is 0 Å².